The number of sulfonamides is 1. The molecule has 1 aromatic carbocycles. The summed E-state index contributed by atoms with van der Waals surface area (Å²) in [5.41, 5.74) is 0.389. The van der Waals surface area contributed by atoms with Crippen LogP contribution in [0.4, 0.5) is 18.9 Å². The minimum Gasteiger partial charge on any atom is -0.345 e. The Morgan fingerprint density at radius 2 is 1.81 bits per heavy atom. The third-order valence-corrected chi connectivity index (χ3v) is 6.05. The zero-order valence-electron chi connectivity index (χ0n) is 16.8. The highest BCUT2D eigenvalue weighted by Gasteiger charge is 2.38. The van der Waals surface area contributed by atoms with Crippen molar-refractivity contribution in [2.75, 3.05) is 18.4 Å². The van der Waals surface area contributed by atoms with Crippen LogP contribution in [0.25, 0.3) is 0 Å². The first-order valence-electron chi connectivity index (χ1n) is 9.35. The Kier molecular flexibility index (Phi) is 7.65. The van der Waals surface area contributed by atoms with Gasteiger partial charge in [-0.3, -0.25) is 14.4 Å². The molecule has 1 fully saturated rings. The lowest BCUT2D eigenvalue weighted by molar-refractivity contribution is -0.145. The van der Waals surface area contributed by atoms with E-state index in [9.17, 15) is 36.0 Å². The molecule has 1 aliphatic heterocycles. The van der Waals surface area contributed by atoms with Gasteiger partial charge in [-0.05, 0) is 44.0 Å². The summed E-state index contributed by atoms with van der Waals surface area (Å²) in [7, 11) is -4.11. The van der Waals surface area contributed by atoms with Gasteiger partial charge in [0.15, 0.2) is 0 Å². The highest BCUT2D eigenvalue weighted by molar-refractivity contribution is 7.89. The molecule has 3 N–H and O–H groups in total. The van der Waals surface area contributed by atoms with Crippen molar-refractivity contribution in [2.24, 2.45) is 0 Å². The van der Waals surface area contributed by atoms with E-state index in [1.54, 1.807) is 5.32 Å². The summed E-state index contributed by atoms with van der Waals surface area (Å²) in [6.45, 7) is 1.20. The van der Waals surface area contributed by atoms with E-state index in [2.05, 4.69) is 10.0 Å². The van der Waals surface area contributed by atoms with Gasteiger partial charge in [0, 0.05) is 19.2 Å². The molecular formula is C18H23F3N4O5S. The van der Waals surface area contributed by atoms with E-state index in [0.29, 0.717) is 12.1 Å². The molecular weight excluding hydrogens is 441 g/mol. The molecule has 13 heteroatoms. The van der Waals surface area contributed by atoms with Crippen LogP contribution in [0.3, 0.4) is 0 Å². The maximum atomic E-state index is 12.7. The number of likely N-dealkylation sites (tertiary alicyclic amines) is 1. The number of rotatable bonds is 7. The second kappa shape index (κ2) is 9.64. The first-order chi connectivity index (χ1) is 14.3. The molecule has 1 aromatic rings. The lowest BCUT2D eigenvalue weighted by Crippen LogP contribution is -2.53. The van der Waals surface area contributed by atoms with Crippen LogP contribution in [0.5, 0.6) is 0 Å². The van der Waals surface area contributed by atoms with Gasteiger partial charge in [-0.1, -0.05) is 0 Å². The Morgan fingerprint density at radius 1 is 1.19 bits per heavy atom. The van der Waals surface area contributed by atoms with Gasteiger partial charge in [0.2, 0.25) is 27.7 Å². The standard InChI is InChI=1S/C18H23F3N4O5S/c1-11(24-31(29,30)14-7-5-13(6-8-14)23-12(2)26)17(28)25-9-3-4-15(25)16(27)22-10-18(19,20)21/h5-8,11,15,24H,3-4,9-10H2,1-2H3,(H,22,27)(H,23,26)/t11-,15?/m0/s1. The Bertz CT molecular complexity index is 935. The summed E-state index contributed by atoms with van der Waals surface area (Å²) in [5, 5.41) is 4.25. The molecule has 1 unspecified atom stereocenters. The fraction of sp³-hybridized carbons (Fsp3) is 0.500. The van der Waals surface area contributed by atoms with E-state index in [4.69, 9.17) is 0 Å². The van der Waals surface area contributed by atoms with Gasteiger partial charge in [0.25, 0.3) is 0 Å². The van der Waals surface area contributed by atoms with Crippen LogP contribution in [0, 0.1) is 0 Å². The van der Waals surface area contributed by atoms with Gasteiger partial charge in [-0.25, -0.2) is 8.42 Å². The van der Waals surface area contributed by atoms with E-state index >= 15 is 0 Å². The summed E-state index contributed by atoms with van der Waals surface area (Å²) in [4.78, 5) is 36.7. The molecule has 1 heterocycles. The van der Waals surface area contributed by atoms with Crippen LogP contribution >= 0.6 is 0 Å². The molecule has 0 spiro atoms. The van der Waals surface area contributed by atoms with Crippen LogP contribution in [0.1, 0.15) is 26.7 Å². The number of benzene rings is 1. The van der Waals surface area contributed by atoms with Crippen molar-refractivity contribution in [1.29, 1.82) is 0 Å². The second-order valence-corrected chi connectivity index (χ2v) is 8.79. The average molecular weight is 464 g/mol. The number of nitrogens with zero attached hydrogens (tertiary/aromatic N) is 1. The number of alkyl halides is 3. The number of anilines is 1. The molecule has 0 aliphatic carbocycles. The second-order valence-electron chi connectivity index (χ2n) is 7.07. The van der Waals surface area contributed by atoms with Gasteiger partial charge in [0.1, 0.15) is 12.6 Å². The molecule has 172 valence electrons. The van der Waals surface area contributed by atoms with Crippen molar-refractivity contribution in [1.82, 2.24) is 14.9 Å². The van der Waals surface area contributed by atoms with Crippen molar-refractivity contribution in [3.8, 4) is 0 Å². The quantitative estimate of drug-likeness (QED) is 0.555. The van der Waals surface area contributed by atoms with Crippen LogP contribution in [-0.2, 0) is 24.4 Å². The molecule has 3 amide bonds. The summed E-state index contributed by atoms with van der Waals surface area (Å²) >= 11 is 0. The number of hydrogen-bond donors (Lipinski definition) is 3. The average Bonchev–Trinajstić information content (AvgIpc) is 3.14. The number of halogens is 3. The minimum atomic E-state index is -4.58. The van der Waals surface area contributed by atoms with E-state index in [1.165, 1.54) is 38.1 Å². The fourth-order valence-corrected chi connectivity index (χ4v) is 4.33. The third-order valence-electron chi connectivity index (χ3n) is 4.49. The zero-order chi connectivity index (χ0) is 23.4. The minimum absolute atomic E-state index is 0.125. The fourth-order valence-electron chi connectivity index (χ4n) is 3.13. The first kappa shape index (κ1) is 24.6. The molecule has 1 aliphatic rings. The Balaban J connectivity index is 2.04. The number of nitrogens with one attached hydrogen (secondary N) is 3. The molecule has 0 radical (unpaired) electrons. The van der Waals surface area contributed by atoms with E-state index in [1.807, 2.05) is 0 Å². The SMILES string of the molecule is CC(=O)Nc1ccc(S(=O)(=O)N[C@@H](C)C(=O)N2CCCC2C(=O)NCC(F)(F)F)cc1. The predicted molar refractivity (Wildman–Crippen MR) is 104 cm³/mol. The largest absolute Gasteiger partial charge is 0.405 e. The van der Waals surface area contributed by atoms with Crippen molar-refractivity contribution in [3.05, 3.63) is 24.3 Å². The van der Waals surface area contributed by atoms with E-state index < -0.39 is 46.6 Å². The summed E-state index contributed by atoms with van der Waals surface area (Å²) in [6.07, 6.45) is -4.00. The lowest BCUT2D eigenvalue weighted by atomic mass is 10.2. The highest BCUT2D eigenvalue weighted by atomic mass is 32.2. The Hall–Kier alpha value is -2.67. The van der Waals surface area contributed by atoms with E-state index in [0.717, 1.165) is 4.90 Å². The molecule has 2 rings (SSSR count). The summed E-state index contributed by atoms with van der Waals surface area (Å²) in [5.74, 6) is -1.98. The van der Waals surface area contributed by atoms with Crippen LogP contribution in [-0.4, -0.2) is 62.4 Å². The molecule has 2 atom stereocenters. The van der Waals surface area contributed by atoms with Crippen LogP contribution in [0.15, 0.2) is 29.2 Å². The highest BCUT2D eigenvalue weighted by Crippen LogP contribution is 2.21. The third kappa shape index (κ3) is 6.92. The molecule has 31 heavy (non-hydrogen) atoms. The molecule has 0 saturated carbocycles. The predicted octanol–water partition coefficient (Wildman–Crippen LogP) is 0.981. The van der Waals surface area contributed by atoms with Gasteiger partial charge >= 0.3 is 6.18 Å². The van der Waals surface area contributed by atoms with Gasteiger partial charge < -0.3 is 15.5 Å². The smallest absolute Gasteiger partial charge is 0.345 e. The van der Waals surface area contributed by atoms with Crippen molar-refractivity contribution in [2.45, 2.75) is 49.8 Å². The van der Waals surface area contributed by atoms with Crippen molar-refractivity contribution >= 4 is 33.4 Å². The van der Waals surface area contributed by atoms with Gasteiger partial charge in [0.05, 0.1) is 10.9 Å². The monoisotopic (exact) mass is 464 g/mol. The van der Waals surface area contributed by atoms with Crippen molar-refractivity contribution in [3.63, 3.8) is 0 Å². The number of hydrogen-bond acceptors (Lipinski definition) is 5. The van der Waals surface area contributed by atoms with Gasteiger partial charge in [-0.15, -0.1) is 0 Å². The molecule has 1 saturated heterocycles. The molecule has 0 aromatic heterocycles. The molecule has 0 bridgehead atoms. The van der Waals surface area contributed by atoms with Gasteiger partial charge in [-0.2, -0.15) is 17.9 Å². The maximum Gasteiger partial charge on any atom is 0.405 e. The topological polar surface area (TPSA) is 125 Å². The Morgan fingerprint density at radius 3 is 2.35 bits per heavy atom. The summed E-state index contributed by atoms with van der Waals surface area (Å²) < 4.78 is 64.3. The summed E-state index contributed by atoms with van der Waals surface area (Å²) in [6, 6.07) is 2.89. The zero-order valence-corrected chi connectivity index (χ0v) is 17.6. The van der Waals surface area contributed by atoms with Crippen LogP contribution < -0.4 is 15.4 Å². The molecule has 9 nitrogen and oxygen atoms in total. The first-order valence-corrected chi connectivity index (χ1v) is 10.8. The lowest BCUT2D eigenvalue weighted by Gasteiger charge is -2.27. The van der Waals surface area contributed by atoms with Crippen LogP contribution in [0.2, 0.25) is 0 Å². The normalized spacial score (nSPS) is 17.8. The number of amides is 3. The number of carbonyl (C=O) groups excluding carboxylic acids is 3. The number of carbonyl (C=O) groups is 3. The van der Waals surface area contributed by atoms with E-state index in [-0.39, 0.29) is 23.8 Å². The van der Waals surface area contributed by atoms with Crippen molar-refractivity contribution < 1.29 is 36.0 Å². The Labute approximate surface area is 177 Å². The maximum absolute atomic E-state index is 12.7.